The molecule has 0 unspecified atom stereocenters. The van der Waals surface area contributed by atoms with Gasteiger partial charge in [-0.1, -0.05) is 217 Å². The molecule has 12 rings (SSSR count). The Bertz CT molecular complexity index is 3530. The van der Waals surface area contributed by atoms with Crippen LogP contribution in [0.4, 0.5) is 34.1 Å². The highest BCUT2D eigenvalue weighted by molar-refractivity contribution is 7.00. The maximum absolute atomic E-state index is 2.62. The smallest absolute Gasteiger partial charge is 0.252 e. The van der Waals surface area contributed by atoms with E-state index >= 15 is 0 Å². The molecule has 10 aromatic carbocycles. The Labute approximate surface area is 439 Å². The van der Waals surface area contributed by atoms with Gasteiger partial charge in [-0.3, -0.25) is 0 Å². The van der Waals surface area contributed by atoms with Crippen LogP contribution < -0.4 is 26.2 Å². The topological polar surface area (TPSA) is 6.48 Å². The molecule has 0 aliphatic carbocycles. The van der Waals surface area contributed by atoms with Gasteiger partial charge in [0, 0.05) is 34.1 Å². The summed E-state index contributed by atoms with van der Waals surface area (Å²) in [5.74, 6) is 0. The molecule has 3 heteroatoms. The summed E-state index contributed by atoms with van der Waals surface area (Å²) in [6.07, 6.45) is 0. The molecule has 74 heavy (non-hydrogen) atoms. The fourth-order valence-corrected chi connectivity index (χ4v) is 12.3. The van der Waals surface area contributed by atoms with Crippen LogP contribution in [-0.2, 0) is 10.8 Å². The van der Waals surface area contributed by atoms with Crippen molar-refractivity contribution in [2.24, 2.45) is 0 Å². The van der Waals surface area contributed by atoms with E-state index in [-0.39, 0.29) is 17.5 Å². The zero-order valence-electron chi connectivity index (χ0n) is 44.3. The largest absolute Gasteiger partial charge is 0.311 e. The average Bonchev–Trinajstić information content (AvgIpc) is 3.43. The van der Waals surface area contributed by atoms with Gasteiger partial charge in [-0.25, -0.2) is 0 Å². The zero-order chi connectivity index (χ0) is 51.0. The highest BCUT2D eigenvalue weighted by atomic mass is 15.2. The van der Waals surface area contributed by atoms with Gasteiger partial charge in [-0.05, 0) is 174 Å². The first kappa shape index (κ1) is 46.9. The molecule has 10 aromatic rings. The summed E-state index contributed by atoms with van der Waals surface area (Å²) in [4.78, 5) is 5.24. The van der Waals surface area contributed by atoms with E-state index in [1.165, 1.54) is 123 Å². The minimum Gasteiger partial charge on any atom is -0.311 e. The molecule has 360 valence electrons. The summed E-state index contributed by atoms with van der Waals surface area (Å²) in [5, 5.41) is 0. The van der Waals surface area contributed by atoms with E-state index in [0.717, 1.165) is 11.4 Å². The third-order valence-corrected chi connectivity index (χ3v) is 15.5. The molecular formula is C71H63BN2. The number of fused-ring (bicyclic) bond motifs is 4. The lowest BCUT2D eigenvalue weighted by Crippen LogP contribution is -2.61. The first-order valence-corrected chi connectivity index (χ1v) is 26.4. The first-order valence-electron chi connectivity index (χ1n) is 26.4. The molecule has 0 N–H and O–H groups in total. The maximum Gasteiger partial charge on any atom is 0.252 e. The van der Waals surface area contributed by atoms with Crippen molar-refractivity contribution in [2.45, 2.75) is 73.1 Å². The second-order valence-electron chi connectivity index (χ2n) is 22.8. The number of nitrogens with zero attached hydrogens (tertiary/aromatic N) is 2. The summed E-state index contributed by atoms with van der Waals surface area (Å²) in [6.45, 7) is 20.9. The molecule has 2 aliphatic heterocycles. The van der Waals surface area contributed by atoms with E-state index in [2.05, 4.69) is 291 Å². The van der Waals surface area contributed by atoms with Gasteiger partial charge in [0.1, 0.15) is 0 Å². The lowest BCUT2D eigenvalue weighted by molar-refractivity contribution is 0.592. The van der Waals surface area contributed by atoms with Crippen LogP contribution >= 0.6 is 0 Å². The summed E-state index contributed by atoms with van der Waals surface area (Å²) in [5.41, 5.74) is 29.4. The van der Waals surface area contributed by atoms with Gasteiger partial charge < -0.3 is 9.80 Å². The van der Waals surface area contributed by atoms with Crippen LogP contribution in [0.2, 0.25) is 0 Å². The monoisotopic (exact) mass is 955 g/mol. The predicted molar refractivity (Wildman–Crippen MR) is 319 cm³/mol. The SMILES string of the molecule is Cc1cc(C)c(-c2cc3c4c(c2)N(c2cccc(-c5ccccc5)c2)c2cc(C(C)(C)C)c(-c5ccccc5)cc2B4c2cc(-c4ccccc4)c(C(C)(C)C)cc2N3c2cccc(-c3ccccc3)c2)c(C)c1. The molecule has 0 spiro atoms. The Kier molecular flexibility index (Phi) is 11.5. The lowest BCUT2D eigenvalue weighted by Gasteiger charge is -2.46. The summed E-state index contributed by atoms with van der Waals surface area (Å²) < 4.78 is 0. The van der Waals surface area contributed by atoms with Gasteiger partial charge in [-0.2, -0.15) is 0 Å². The van der Waals surface area contributed by atoms with Gasteiger partial charge in [0.25, 0.3) is 6.71 Å². The lowest BCUT2D eigenvalue weighted by atomic mass is 9.33. The van der Waals surface area contributed by atoms with Crippen molar-refractivity contribution >= 4 is 57.2 Å². The molecule has 2 aliphatic rings. The van der Waals surface area contributed by atoms with E-state index in [1.54, 1.807) is 0 Å². The molecule has 0 aromatic heterocycles. The van der Waals surface area contributed by atoms with Crippen molar-refractivity contribution < 1.29 is 0 Å². The van der Waals surface area contributed by atoms with Crippen molar-refractivity contribution in [3.63, 3.8) is 0 Å². The first-order chi connectivity index (χ1) is 35.7. The van der Waals surface area contributed by atoms with Gasteiger partial charge >= 0.3 is 0 Å². The fourth-order valence-electron chi connectivity index (χ4n) is 12.3. The Hall–Kier alpha value is -8.14. The van der Waals surface area contributed by atoms with Crippen LogP contribution in [0.3, 0.4) is 0 Å². The number of hydrogen-bond acceptors (Lipinski definition) is 2. The average molecular weight is 955 g/mol. The second-order valence-corrected chi connectivity index (χ2v) is 22.8. The van der Waals surface area contributed by atoms with Crippen LogP contribution in [0.25, 0.3) is 55.6 Å². The number of anilines is 6. The van der Waals surface area contributed by atoms with Crippen molar-refractivity contribution in [3.8, 4) is 55.6 Å². The molecule has 0 saturated carbocycles. The van der Waals surface area contributed by atoms with Crippen LogP contribution in [0, 0.1) is 20.8 Å². The van der Waals surface area contributed by atoms with Gasteiger partial charge in [0.2, 0.25) is 0 Å². The summed E-state index contributed by atoms with van der Waals surface area (Å²) in [7, 11) is 0. The van der Waals surface area contributed by atoms with E-state index in [4.69, 9.17) is 0 Å². The van der Waals surface area contributed by atoms with Crippen molar-refractivity contribution in [3.05, 3.63) is 246 Å². The molecular weight excluding hydrogens is 892 g/mol. The van der Waals surface area contributed by atoms with Crippen LogP contribution in [-0.4, -0.2) is 6.71 Å². The van der Waals surface area contributed by atoms with Gasteiger partial charge in [0.15, 0.2) is 0 Å². The number of hydrogen-bond donors (Lipinski definition) is 0. The molecule has 0 radical (unpaired) electrons. The Morgan fingerprint density at radius 3 is 1.07 bits per heavy atom. The van der Waals surface area contributed by atoms with Crippen molar-refractivity contribution in [1.29, 1.82) is 0 Å². The normalized spacial score (nSPS) is 12.9. The van der Waals surface area contributed by atoms with Gasteiger partial charge in [0.05, 0.1) is 0 Å². The van der Waals surface area contributed by atoms with E-state index < -0.39 is 0 Å². The maximum atomic E-state index is 2.62. The third kappa shape index (κ3) is 8.16. The van der Waals surface area contributed by atoms with Gasteiger partial charge in [-0.15, -0.1) is 0 Å². The Morgan fingerprint density at radius 1 is 0.324 bits per heavy atom. The molecule has 0 fully saturated rings. The van der Waals surface area contributed by atoms with E-state index in [1.807, 2.05) is 0 Å². The van der Waals surface area contributed by atoms with E-state index in [9.17, 15) is 0 Å². The van der Waals surface area contributed by atoms with E-state index in [0.29, 0.717) is 0 Å². The third-order valence-electron chi connectivity index (χ3n) is 15.5. The van der Waals surface area contributed by atoms with Crippen LogP contribution in [0.5, 0.6) is 0 Å². The summed E-state index contributed by atoms with van der Waals surface area (Å²) in [6, 6.07) is 82.3. The number of benzene rings is 10. The minimum atomic E-state index is -0.172. The quantitative estimate of drug-likeness (QED) is 0.147. The fraction of sp³-hybridized carbons (Fsp3) is 0.155. The molecule has 0 amide bonds. The van der Waals surface area contributed by atoms with Crippen LogP contribution in [0.15, 0.2) is 218 Å². The predicted octanol–water partition coefficient (Wildman–Crippen LogP) is 17.6. The number of aryl methyl sites for hydroxylation is 3. The Morgan fingerprint density at radius 2 is 0.689 bits per heavy atom. The van der Waals surface area contributed by atoms with Crippen LogP contribution in [0.1, 0.15) is 69.4 Å². The molecule has 2 heterocycles. The molecule has 0 atom stereocenters. The second kappa shape index (κ2) is 18.1. The van der Waals surface area contributed by atoms with Crippen molar-refractivity contribution in [2.75, 3.05) is 9.80 Å². The molecule has 2 nitrogen and oxygen atoms in total. The molecule has 0 bridgehead atoms. The Balaban J connectivity index is 1.27. The molecule has 0 saturated heterocycles. The highest BCUT2D eigenvalue weighted by Gasteiger charge is 2.45. The van der Waals surface area contributed by atoms with Crippen molar-refractivity contribution in [1.82, 2.24) is 0 Å². The zero-order valence-corrected chi connectivity index (χ0v) is 44.3. The summed E-state index contributed by atoms with van der Waals surface area (Å²) >= 11 is 0. The number of rotatable bonds is 7. The highest BCUT2D eigenvalue weighted by Crippen LogP contribution is 2.50. The standard InChI is InChI=1S/C71H63BN2/c1-46-36-47(2)68(48(3)37-46)55-40-66-69-67(41-55)74(57-35-23-33-54(39-57)50-26-16-11-17-27-50)65-45-61(71(7,8)9)59(52-30-20-13-21-31-52)43-63(65)72(69)62-42-58(51-28-18-12-19-29-51)60(70(4,5)6)44-64(62)73(66)56-34-22-32-53(38-56)49-24-14-10-15-25-49/h10-45H,1-9H3. The minimum absolute atomic E-state index is 0.116.